The molecule has 0 N–H and O–H groups in total. The van der Waals surface area contributed by atoms with Gasteiger partial charge in [0, 0.05) is 18.8 Å². The lowest BCUT2D eigenvalue weighted by Crippen LogP contribution is -2.51. The first-order valence-corrected chi connectivity index (χ1v) is 7.42. The van der Waals surface area contributed by atoms with Crippen molar-refractivity contribution in [1.82, 2.24) is 4.90 Å². The van der Waals surface area contributed by atoms with Gasteiger partial charge >= 0.3 is 5.97 Å². The van der Waals surface area contributed by atoms with Crippen LogP contribution in [0.5, 0.6) is 0 Å². The van der Waals surface area contributed by atoms with E-state index in [4.69, 9.17) is 4.74 Å². The second-order valence-electron chi connectivity index (χ2n) is 3.89. The maximum absolute atomic E-state index is 11.5. The molecule has 1 atom stereocenters. The molecule has 0 saturated carbocycles. The van der Waals surface area contributed by atoms with Gasteiger partial charge in [0.2, 0.25) is 0 Å². The van der Waals surface area contributed by atoms with Gasteiger partial charge in [0.1, 0.15) is 6.04 Å². The topological polar surface area (TPSA) is 72.9 Å². The van der Waals surface area contributed by atoms with Gasteiger partial charge in [0.05, 0.1) is 26.1 Å². The highest BCUT2D eigenvalue weighted by Crippen LogP contribution is 2.09. The summed E-state index contributed by atoms with van der Waals surface area (Å²) in [5.74, 6) is -0.185. The number of methoxy groups -OCH3 is 1. The summed E-state index contributed by atoms with van der Waals surface area (Å²) < 4.78 is 32.7. The summed E-state index contributed by atoms with van der Waals surface area (Å²) in [6, 6.07) is -0.485. The summed E-state index contributed by atoms with van der Waals surface area (Å²) in [6.45, 7) is 3.29. The lowest BCUT2D eigenvalue weighted by molar-refractivity contribution is -0.153. The Morgan fingerprint density at radius 1 is 1.53 bits per heavy atom. The van der Waals surface area contributed by atoms with E-state index in [1.807, 2.05) is 4.90 Å². The van der Waals surface area contributed by atoms with Gasteiger partial charge in [0.25, 0.3) is 0 Å². The lowest BCUT2D eigenvalue weighted by Gasteiger charge is -2.33. The van der Waals surface area contributed by atoms with Gasteiger partial charge in [-0.25, -0.2) is 8.42 Å². The Morgan fingerprint density at radius 2 is 2.24 bits per heavy atom. The summed E-state index contributed by atoms with van der Waals surface area (Å²) in [4.78, 5) is 13.3. The zero-order valence-electron chi connectivity index (χ0n) is 10.2. The molecule has 1 fully saturated rings. The third kappa shape index (κ3) is 4.25. The molecule has 1 unspecified atom stereocenters. The summed E-state index contributed by atoms with van der Waals surface area (Å²) in [6.07, 6.45) is 0. The fraction of sp³-hybridized carbons (Fsp3) is 0.900. The van der Waals surface area contributed by atoms with Crippen LogP contribution in [-0.2, 0) is 24.1 Å². The fourth-order valence-electron chi connectivity index (χ4n) is 1.66. The van der Waals surface area contributed by atoms with Gasteiger partial charge in [-0.05, 0) is 0 Å². The van der Waals surface area contributed by atoms with Crippen LogP contribution in [0.25, 0.3) is 0 Å². The molecule has 1 saturated heterocycles. The van der Waals surface area contributed by atoms with Gasteiger partial charge in [-0.2, -0.15) is 0 Å². The van der Waals surface area contributed by atoms with Crippen LogP contribution in [-0.4, -0.2) is 70.2 Å². The predicted molar refractivity (Wildman–Crippen MR) is 62.5 cm³/mol. The SMILES string of the molecule is CCS(=O)(=O)CCN1CCOCC1C(=O)OC. The number of morpholine rings is 1. The number of sulfone groups is 1. The molecule has 1 heterocycles. The van der Waals surface area contributed by atoms with Gasteiger partial charge in [-0.15, -0.1) is 0 Å². The number of hydrogen-bond acceptors (Lipinski definition) is 6. The largest absolute Gasteiger partial charge is 0.468 e. The summed E-state index contributed by atoms with van der Waals surface area (Å²) in [7, 11) is -1.69. The molecule has 17 heavy (non-hydrogen) atoms. The van der Waals surface area contributed by atoms with E-state index in [-0.39, 0.29) is 24.1 Å². The minimum Gasteiger partial charge on any atom is -0.468 e. The van der Waals surface area contributed by atoms with Crippen molar-refractivity contribution in [3.05, 3.63) is 0 Å². The summed E-state index contributed by atoms with van der Waals surface area (Å²) >= 11 is 0. The molecule has 0 bridgehead atoms. The Bertz CT molecular complexity index is 354. The van der Waals surface area contributed by atoms with E-state index >= 15 is 0 Å². The van der Waals surface area contributed by atoms with Crippen LogP contribution in [0.3, 0.4) is 0 Å². The molecular formula is C10H19NO5S. The Labute approximate surface area is 102 Å². The van der Waals surface area contributed by atoms with E-state index in [0.29, 0.717) is 19.7 Å². The highest BCUT2D eigenvalue weighted by Gasteiger charge is 2.30. The van der Waals surface area contributed by atoms with E-state index in [2.05, 4.69) is 4.74 Å². The number of rotatable bonds is 5. The number of esters is 1. The smallest absolute Gasteiger partial charge is 0.325 e. The molecular weight excluding hydrogens is 246 g/mol. The van der Waals surface area contributed by atoms with Crippen molar-refractivity contribution in [2.75, 3.05) is 44.9 Å². The molecule has 1 aliphatic heterocycles. The Balaban J connectivity index is 2.57. The highest BCUT2D eigenvalue weighted by molar-refractivity contribution is 7.91. The second-order valence-corrected chi connectivity index (χ2v) is 6.36. The molecule has 0 aromatic carbocycles. The van der Waals surface area contributed by atoms with Crippen molar-refractivity contribution in [3.8, 4) is 0 Å². The zero-order valence-corrected chi connectivity index (χ0v) is 11.0. The van der Waals surface area contributed by atoms with E-state index in [1.54, 1.807) is 6.92 Å². The van der Waals surface area contributed by atoms with Crippen molar-refractivity contribution >= 4 is 15.8 Å². The summed E-state index contributed by atoms with van der Waals surface area (Å²) in [5, 5.41) is 0. The minimum atomic E-state index is -3.01. The first kappa shape index (κ1) is 14.4. The molecule has 0 amide bonds. The highest BCUT2D eigenvalue weighted by atomic mass is 32.2. The number of hydrogen-bond donors (Lipinski definition) is 0. The lowest BCUT2D eigenvalue weighted by atomic mass is 10.2. The van der Waals surface area contributed by atoms with Gasteiger partial charge in [0.15, 0.2) is 9.84 Å². The normalized spacial score (nSPS) is 22.4. The van der Waals surface area contributed by atoms with Crippen LogP contribution in [0.15, 0.2) is 0 Å². The molecule has 0 radical (unpaired) electrons. The predicted octanol–water partition coefficient (Wildman–Crippen LogP) is -0.705. The third-order valence-electron chi connectivity index (χ3n) is 2.84. The number of nitrogens with zero attached hydrogens (tertiary/aromatic N) is 1. The molecule has 7 heteroatoms. The molecule has 0 aromatic rings. The number of carbonyl (C=O) groups excluding carboxylic acids is 1. The van der Waals surface area contributed by atoms with E-state index in [0.717, 1.165) is 0 Å². The molecule has 100 valence electrons. The van der Waals surface area contributed by atoms with Crippen molar-refractivity contribution in [1.29, 1.82) is 0 Å². The zero-order chi connectivity index (χ0) is 12.9. The molecule has 0 aromatic heterocycles. The molecule has 0 spiro atoms. The minimum absolute atomic E-state index is 0.0665. The van der Waals surface area contributed by atoms with Gasteiger partial charge in [-0.1, -0.05) is 6.92 Å². The molecule has 1 rings (SSSR count). The maximum Gasteiger partial charge on any atom is 0.325 e. The maximum atomic E-state index is 11.5. The quantitative estimate of drug-likeness (QED) is 0.612. The monoisotopic (exact) mass is 265 g/mol. The van der Waals surface area contributed by atoms with Gasteiger partial charge < -0.3 is 9.47 Å². The molecule has 6 nitrogen and oxygen atoms in total. The molecule has 1 aliphatic rings. The standard InChI is InChI=1S/C10H19NO5S/c1-3-17(13,14)7-5-11-4-6-16-8-9(11)10(12)15-2/h9H,3-8H2,1-2H3. The Kier molecular flexibility index (Phi) is 5.35. The first-order chi connectivity index (χ1) is 8.00. The van der Waals surface area contributed by atoms with E-state index in [9.17, 15) is 13.2 Å². The van der Waals surface area contributed by atoms with Crippen molar-refractivity contribution in [3.63, 3.8) is 0 Å². The number of ether oxygens (including phenoxy) is 2. The second kappa shape index (κ2) is 6.32. The molecule has 0 aliphatic carbocycles. The van der Waals surface area contributed by atoms with Crippen molar-refractivity contribution in [2.45, 2.75) is 13.0 Å². The average Bonchev–Trinajstić information content (AvgIpc) is 2.36. The van der Waals surface area contributed by atoms with Crippen LogP contribution < -0.4 is 0 Å². The Hall–Kier alpha value is -0.660. The van der Waals surface area contributed by atoms with E-state index < -0.39 is 15.9 Å². The summed E-state index contributed by atoms with van der Waals surface area (Å²) in [5.41, 5.74) is 0. The van der Waals surface area contributed by atoms with Crippen LogP contribution in [0.1, 0.15) is 6.92 Å². The Morgan fingerprint density at radius 3 is 2.82 bits per heavy atom. The first-order valence-electron chi connectivity index (χ1n) is 5.60. The van der Waals surface area contributed by atoms with E-state index in [1.165, 1.54) is 7.11 Å². The van der Waals surface area contributed by atoms with Crippen molar-refractivity contribution in [2.24, 2.45) is 0 Å². The van der Waals surface area contributed by atoms with Crippen LogP contribution >= 0.6 is 0 Å². The van der Waals surface area contributed by atoms with Crippen LogP contribution in [0.2, 0.25) is 0 Å². The van der Waals surface area contributed by atoms with Gasteiger partial charge in [-0.3, -0.25) is 9.69 Å². The van der Waals surface area contributed by atoms with Crippen LogP contribution in [0.4, 0.5) is 0 Å². The fourth-order valence-corrected chi connectivity index (χ4v) is 2.46. The number of carbonyl (C=O) groups is 1. The van der Waals surface area contributed by atoms with Crippen LogP contribution in [0, 0.1) is 0 Å². The van der Waals surface area contributed by atoms with Crippen molar-refractivity contribution < 1.29 is 22.7 Å². The average molecular weight is 265 g/mol. The third-order valence-corrected chi connectivity index (χ3v) is 4.53.